The average Bonchev–Trinajstić information content (AvgIpc) is 1.36. The molecule has 0 bridgehead atoms. The van der Waals surface area contributed by atoms with Crippen molar-refractivity contribution < 1.29 is 71.3 Å². The molecule has 6 N–H and O–H groups in total. The summed E-state index contributed by atoms with van der Waals surface area (Å²) in [4.78, 5) is 0. The van der Waals surface area contributed by atoms with Crippen LogP contribution in [0.15, 0.2) is 0 Å². The van der Waals surface area contributed by atoms with Gasteiger partial charge in [0.1, 0.15) is 0 Å². The van der Waals surface area contributed by atoms with Gasteiger partial charge in [0.2, 0.25) is 0 Å². The van der Waals surface area contributed by atoms with Crippen molar-refractivity contribution in [1.29, 1.82) is 0 Å². The second kappa shape index (κ2) is 29.2. The molecule has 0 atom stereocenters. The van der Waals surface area contributed by atoms with Crippen LogP contribution in [-0.2, 0) is 61.3 Å². The van der Waals surface area contributed by atoms with Crippen molar-refractivity contribution >= 4 is 50.8 Å². The van der Waals surface area contributed by atoms with E-state index in [0.29, 0.717) is 0 Å². The minimum atomic E-state index is -4.67. The first-order valence-corrected chi connectivity index (χ1v) is 2.43. The van der Waals surface area contributed by atoms with Crippen LogP contribution in [0, 0.1) is 0 Å². The van der Waals surface area contributed by atoms with Crippen LogP contribution in [-0.4, -0.2) is 57.9 Å². The molecule has 0 fully saturated rings. The maximum Gasteiger partial charge on any atom is 2.00 e. The number of rotatable bonds is 0. The Kier molecular flexibility index (Phi) is 114. The molecule has 0 heterocycles. The molecule has 0 saturated carbocycles. The Morgan fingerprint density at radius 1 is 1.17 bits per heavy atom. The van der Waals surface area contributed by atoms with Gasteiger partial charge in [-0.3, -0.25) is 20.8 Å². The van der Waals surface area contributed by atoms with E-state index < -0.39 is 10.4 Å². The van der Waals surface area contributed by atoms with Gasteiger partial charge >= 0.3 is 33.5 Å². The van der Waals surface area contributed by atoms with Crippen molar-refractivity contribution in [3.63, 3.8) is 0 Å². The summed E-state index contributed by atoms with van der Waals surface area (Å²) in [6.45, 7) is 0. The van der Waals surface area contributed by atoms with E-state index in [1.54, 1.807) is 0 Å². The molecule has 6 nitrogen and oxygen atoms in total. The Morgan fingerprint density at radius 2 is 1.17 bits per heavy atom. The SMILES string of the molecule is NN.O=S(=O)(O)O.[AlH3].[Cr].[Fe].[H-].[H-].[Mg+2].[Ni]. The second-order valence-electron chi connectivity index (χ2n) is 0.448. The van der Waals surface area contributed by atoms with E-state index in [-0.39, 0.29) is 94.2 Å². The minimum Gasteiger partial charge on any atom is -1.00 e. The van der Waals surface area contributed by atoms with E-state index in [1.165, 1.54) is 0 Å². The molecule has 12 heavy (non-hydrogen) atoms. The molecule has 0 unspecified atom stereocenters. The predicted octanol–water partition coefficient (Wildman–Crippen LogP) is -3.18. The van der Waals surface area contributed by atoms with Crippen molar-refractivity contribution in [2.75, 3.05) is 0 Å². The summed E-state index contributed by atoms with van der Waals surface area (Å²) < 4.78 is 31.6. The fourth-order valence-electron chi connectivity index (χ4n) is 0. The maximum absolute atomic E-state index is 8.74. The average molecular weight is 353 g/mol. The third-order valence-electron chi connectivity index (χ3n) is 0. The van der Waals surface area contributed by atoms with Gasteiger partial charge in [0.05, 0.1) is 0 Å². The van der Waals surface area contributed by atoms with Crippen LogP contribution in [0.5, 0.6) is 0 Å². The molecule has 0 aromatic rings. The molecule has 0 aliphatic carbocycles. The molecule has 0 spiro atoms. The molecule has 0 aromatic heterocycles. The zero-order chi connectivity index (χ0) is 6.50. The summed E-state index contributed by atoms with van der Waals surface area (Å²) in [5, 5.41) is 0. The number of hydrogen-bond acceptors (Lipinski definition) is 4. The molecule has 0 rings (SSSR count). The molecule has 12 heteroatoms. The quantitative estimate of drug-likeness (QED) is 0.157. The summed E-state index contributed by atoms with van der Waals surface area (Å²) in [5.74, 6) is 8.00. The number of hydrazine groups is 1. The van der Waals surface area contributed by atoms with Crippen molar-refractivity contribution in [3.05, 3.63) is 0 Å². The third-order valence-corrected chi connectivity index (χ3v) is 0. The first-order valence-electron chi connectivity index (χ1n) is 1.03. The van der Waals surface area contributed by atoms with Crippen molar-refractivity contribution in [1.82, 2.24) is 0 Å². The molecule has 0 saturated heterocycles. The number of hydrogen-bond donors (Lipinski definition) is 4. The predicted molar refractivity (Wildman–Crippen MR) is 40.5 cm³/mol. The normalized spacial score (nSPS) is 5.33. The van der Waals surface area contributed by atoms with Gasteiger partial charge in [-0.2, -0.15) is 8.42 Å². The Balaban J connectivity index is -0.00000000377. The monoisotopic (exact) mass is 352 g/mol. The first kappa shape index (κ1) is 46.7. The Hall–Kier alpha value is 2.63. The van der Waals surface area contributed by atoms with Crippen molar-refractivity contribution in [2.45, 2.75) is 0 Å². The fourth-order valence-corrected chi connectivity index (χ4v) is 0. The zero-order valence-corrected chi connectivity index (χ0v) is 10.7. The second-order valence-corrected chi connectivity index (χ2v) is 1.34. The van der Waals surface area contributed by atoms with E-state index in [0.717, 1.165) is 0 Å². The summed E-state index contributed by atoms with van der Waals surface area (Å²) in [6, 6.07) is 0. The molecular weight excluding hydrogens is 342 g/mol. The standard InChI is InChI=1S/Al.Cr.Fe.Mg.H4N2.Ni.H2O4S.5H/c;;;;1-2;;1-5(2,3)4;;;;;/h;;;;1-2H2;;(H2,1,2,3,4);;;;;/q;;;+2;;;;;;;2*-1. The van der Waals surface area contributed by atoms with Crippen LogP contribution in [0.2, 0.25) is 0 Å². The summed E-state index contributed by atoms with van der Waals surface area (Å²) in [7, 11) is -4.67. The van der Waals surface area contributed by atoms with Gasteiger partial charge in [0, 0.05) is 50.9 Å². The zero-order valence-electron chi connectivity index (χ0n) is 7.06. The van der Waals surface area contributed by atoms with E-state index in [4.69, 9.17) is 17.5 Å². The molecule has 0 radical (unpaired) electrons. The van der Waals surface area contributed by atoms with Gasteiger partial charge in [-0.05, 0) is 0 Å². The van der Waals surface area contributed by atoms with Crippen LogP contribution < -0.4 is 11.7 Å². The smallest absolute Gasteiger partial charge is 1.00 e. The molecule has 0 aliphatic rings. The van der Waals surface area contributed by atoms with Gasteiger partial charge in [-0.15, -0.1) is 0 Å². The Morgan fingerprint density at radius 3 is 1.17 bits per heavy atom. The first-order chi connectivity index (χ1) is 3.00. The van der Waals surface area contributed by atoms with Crippen molar-refractivity contribution in [2.24, 2.45) is 11.7 Å². The van der Waals surface area contributed by atoms with E-state index >= 15 is 0 Å². The van der Waals surface area contributed by atoms with Gasteiger partial charge in [0.15, 0.2) is 17.4 Å². The van der Waals surface area contributed by atoms with Crippen LogP contribution in [0.3, 0.4) is 0 Å². The minimum absolute atomic E-state index is 0. The van der Waals surface area contributed by atoms with Gasteiger partial charge in [0.25, 0.3) is 0 Å². The summed E-state index contributed by atoms with van der Waals surface area (Å²) in [5.41, 5.74) is 0. The van der Waals surface area contributed by atoms with Crippen LogP contribution in [0.4, 0.5) is 0 Å². The largest absolute Gasteiger partial charge is 2.00 e. The van der Waals surface area contributed by atoms with Crippen LogP contribution >= 0.6 is 0 Å². The van der Waals surface area contributed by atoms with Crippen molar-refractivity contribution in [3.8, 4) is 0 Å². The van der Waals surface area contributed by atoms with Gasteiger partial charge in [-0.25, -0.2) is 0 Å². The maximum atomic E-state index is 8.74. The van der Waals surface area contributed by atoms with Crippen LogP contribution in [0.1, 0.15) is 2.85 Å². The molecule has 0 aliphatic heterocycles. The third kappa shape index (κ3) is 246. The molecule has 0 amide bonds. The molecular formula is H11AlCrFeMgN2NiO4S. The summed E-state index contributed by atoms with van der Waals surface area (Å²) in [6.07, 6.45) is 0. The fraction of sp³-hybridized carbons (Fsp3) is 0. The van der Waals surface area contributed by atoms with Crippen LogP contribution in [0.25, 0.3) is 0 Å². The summed E-state index contributed by atoms with van der Waals surface area (Å²) >= 11 is 0. The Labute approximate surface area is 132 Å². The van der Waals surface area contributed by atoms with Gasteiger partial charge < -0.3 is 2.85 Å². The molecule has 80 valence electrons. The molecule has 0 aromatic carbocycles. The Bertz CT molecular complexity index is 125. The van der Waals surface area contributed by atoms with E-state index in [2.05, 4.69) is 11.7 Å². The van der Waals surface area contributed by atoms with Gasteiger partial charge in [-0.1, -0.05) is 0 Å². The van der Waals surface area contributed by atoms with E-state index in [1.807, 2.05) is 0 Å². The van der Waals surface area contributed by atoms with E-state index in [9.17, 15) is 0 Å². The topological polar surface area (TPSA) is 127 Å². The number of nitrogens with two attached hydrogens (primary N) is 2.